The van der Waals surface area contributed by atoms with Crippen LogP contribution < -0.4 is 21.7 Å². The lowest BCUT2D eigenvalue weighted by Crippen LogP contribution is -2.57. The van der Waals surface area contributed by atoms with E-state index in [-0.39, 0.29) is 18.6 Å². The highest BCUT2D eigenvalue weighted by atomic mass is 16.4. The van der Waals surface area contributed by atoms with E-state index < -0.39 is 66.2 Å². The van der Waals surface area contributed by atoms with Gasteiger partial charge in [-0.1, -0.05) is 26.0 Å². The van der Waals surface area contributed by atoms with Crippen molar-refractivity contribution in [3.8, 4) is 5.75 Å². The van der Waals surface area contributed by atoms with Crippen LogP contribution in [0.3, 0.4) is 0 Å². The molecular formula is C22H32N4O8. The lowest BCUT2D eigenvalue weighted by molar-refractivity contribution is -0.143. The van der Waals surface area contributed by atoms with Crippen LogP contribution in [-0.2, 0) is 30.4 Å². The Labute approximate surface area is 196 Å². The summed E-state index contributed by atoms with van der Waals surface area (Å²) in [6.07, 6.45) is -0.582. The second-order valence-electron chi connectivity index (χ2n) is 8.27. The van der Waals surface area contributed by atoms with Crippen LogP contribution in [0.15, 0.2) is 24.3 Å². The zero-order valence-corrected chi connectivity index (χ0v) is 19.3. The van der Waals surface area contributed by atoms with Crippen LogP contribution in [-0.4, -0.2) is 69.1 Å². The van der Waals surface area contributed by atoms with Gasteiger partial charge in [-0.15, -0.1) is 0 Å². The summed E-state index contributed by atoms with van der Waals surface area (Å²) in [6.45, 7) is 4.56. The number of hydrogen-bond donors (Lipinski definition) is 7. The molecule has 188 valence electrons. The summed E-state index contributed by atoms with van der Waals surface area (Å²) < 4.78 is 0. The zero-order valence-electron chi connectivity index (χ0n) is 19.3. The number of aromatic hydroxyl groups is 1. The summed E-state index contributed by atoms with van der Waals surface area (Å²) in [5, 5.41) is 34.6. The minimum atomic E-state index is -1.29. The van der Waals surface area contributed by atoms with Crippen LogP contribution in [0, 0.1) is 5.92 Å². The van der Waals surface area contributed by atoms with E-state index in [0.717, 1.165) is 0 Å². The van der Waals surface area contributed by atoms with Gasteiger partial charge in [-0.25, -0.2) is 4.79 Å². The van der Waals surface area contributed by atoms with Gasteiger partial charge >= 0.3 is 11.9 Å². The monoisotopic (exact) mass is 480 g/mol. The number of carbonyl (C=O) groups is 5. The Kier molecular flexibility index (Phi) is 11.0. The quantitative estimate of drug-likeness (QED) is 0.191. The first-order valence-corrected chi connectivity index (χ1v) is 10.7. The number of carboxylic acids is 2. The molecule has 34 heavy (non-hydrogen) atoms. The van der Waals surface area contributed by atoms with Crippen molar-refractivity contribution in [2.45, 2.75) is 64.2 Å². The second-order valence-corrected chi connectivity index (χ2v) is 8.27. The molecule has 0 saturated heterocycles. The first kappa shape index (κ1) is 28.4. The van der Waals surface area contributed by atoms with Gasteiger partial charge in [0.15, 0.2) is 0 Å². The minimum Gasteiger partial charge on any atom is -0.508 e. The van der Waals surface area contributed by atoms with E-state index in [9.17, 15) is 34.2 Å². The van der Waals surface area contributed by atoms with E-state index in [1.807, 2.05) is 0 Å². The number of phenolic OH excluding ortho intramolecular Hbond substituents is 1. The number of nitrogens with two attached hydrogens (primary N) is 1. The first-order valence-electron chi connectivity index (χ1n) is 10.7. The van der Waals surface area contributed by atoms with Gasteiger partial charge in [-0.05, 0) is 43.4 Å². The van der Waals surface area contributed by atoms with Crippen molar-refractivity contribution in [1.29, 1.82) is 0 Å². The Balaban J connectivity index is 2.82. The summed E-state index contributed by atoms with van der Waals surface area (Å²) in [6, 6.07) is 1.37. The fraction of sp³-hybridized carbons (Fsp3) is 0.500. The lowest BCUT2D eigenvalue weighted by atomic mass is 10.0. The molecule has 3 amide bonds. The molecule has 0 aliphatic heterocycles. The Bertz CT molecular complexity index is 887. The number of phenols is 1. The molecule has 1 aromatic carbocycles. The molecule has 0 aliphatic rings. The second kappa shape index (κ2) is 13.1. The number of carboxylic acid groups (broad SMARTS) is 2. The fourth-order valence-electron chi connectivity index (χ4n) is 2.97. The standard InChI is InChI=1S/C22H32N4O8/c1-11(2)18(22(33)34)26-19(30)12(3)24-21(32)16(8-9-17(28)29)25-20(31)15(23)10-13-4-6-14(27)7-5-13/h4-7,11-12,15-16,18,27H,8-10,23H2,1-3H3,(H,24,32)(H,25,31)(H,26,30)(H,28,29)(H,33,34). The van der Waals surface area contributed by atoms with E-state index in [2.05, 4.69) is 16.0 Å². The van der Waals surface area contributed by atoms with E-state index in [0.29, 0.717) is 5.56 Å². The van der Waals surface area contributed by atoms with Gasteiger partial charge in [0.1, 0.15) is 23.9 Å². The highest BCUT2D eigenvalue weighted by molar-refractivity contribution is 5.94. The molecule has 0 heterocycles. The van der Waals surface area contributed by atoms with Crippen LogP contribution in [0.1, 0.15) is 39.2 Å². The predicted octanol–water partition coefficient (Wildman–Crippen LogP) is -0.658. The molecule has 0 fully saturated rings. The normalized spacial score (nSPS) is 14.4. The van der Waals surface area contributed by atoms with Crippen molar-refractivity contribution in [1.82, 2.24) is 16.0 Å². The van der Waals surface area contributed by atoms with Gasteiger partial charge in [-0.2, -0.15) is 0 Å². The molecule has 1 rings (SSSR count). The fourth-order valence-corrected chi connectivity index (χ4v) is 2.97. The summed E-state index contributed by atoms with van der Waals surface area (Å²) in [5.74, 6) is -5.03. The molecule has 4 atom stereocenters. The van der Waals surface area contributed by atoms with E-state index in [1.165, 1.54) is 19.1 Å². The van der Waals surface area contributed by atoms with Gasteiger partial charge in [-0.3, -0.25) is 19.2 Å². The van der Waals surface area contributed by atoms with Gasteiger partial charge < -0.3 is 37.0 Å². The maximum atomic E-state index is 12.7. The Morgan fingerprint density at radius 2 is 1.47 bits per heavy atom. The molecule has 0 aromatic heterocycles. The maximum Gasteiger partial charge on any atom is 0.326 e. The summed E-state index contributed by atoms with van der Waals surface area (Å²) in [5.41, 5.74) is 6.57. The van der Waals surface area contributed by atoms with Crippen LogP contribution in [0.4, 0.5) is 0 Å². The van der Waals surface area contributed by atoms with Crippen LogP contribution >= 0.6 is 0 Å². The number of carbonyl (C=O) groups excluding carboxylic acids is 3. The molecule has 0 radical (unpaired) electrons. The molecule has 0 saturated carbocycles. The predicted molar refractivity (Wildman–Crippen MR) is 121 cm³/mol. The van der Waals surface area contributed by atoms with Crippen molar-refractivity contribution >= 4 is 29.7 Å². The zero-order chi connectivity index (χ0) is 26.0. The number of amides is 3. The summed E-state index contributed by atoms with van der Waals surface area (Å²) in [7, 11) is 0. The van der Waals surface area contributed by atoms with E-state index in [1.54, 1.807) is 26.0 Å². The topological polar surface area (TPSA) is 208 Å². The Morgan fingerprint density at radius 1 is 0.882 bits per heavy atom. The van der Waals surface area contributed by atoms with Crippen LogP contribution in [0.25, 0.3) is 0 Å². The highest BCUT2D eigenvalue weighted by Crippen LogP contribution is 2.11. The molecule has 0 bridgehead atoms. The highest BCUT2D eigenvalue weighted by Gasteiger charge is 2.29. The van der Waals surface area contributed by atoms with Crippen LogP contribution in [0.2, 0.25) is 0 Å². The largest absolute Gasteiger partial charge is 0.508 e. The van der Waals surface area contributed by atoms with Crippen molar-refractivity contribution < 1.29 is 39.3 Å². The summed E-state index contributed by atoms with van der Waals surface area (Å²) in [4.78, 5) is 59.8. The number of benzene rings is 1. The third-order valence-electron chi connectivity index (χ3n) is 4.99. The number of aliphatic carboxylic acids is 2. The maximum absolute atomic E-state index is 12.7. The Morgan fingerprint density at radius 3 is 1.97 bits per heavy atom. The molecule has 1 aromatic rings. The molecule has 4 unspecified atom stereocenters. The third kappa shape index (κ3) is 9.45. The molecule has 12 heteroatoms. The SMILES string of the molecule is CC(NC(=O)C(CCC(=O)O)NC(=O)C(N)Cc1ccc(O)cc1)C(=O)NC(C(=O)O)C(C)C. The molecule has 0 aliphatic carbocycles. The van der Waals surface area contributed by atoms with Crippen LogP contribution in [0.5, 0.6) is 5.75 Å². The molecule has 0 spiro atoms. The number of rotatable bonds is 13. The van der Waals surface area contributed by atoms with Crippen molar-refractivity contribution in [3.63, 3.8) is 0 Å². The van der Waals surface area contributed by atoms with Gasteiger partial charge in [0.2, 0.25) is 17.7 Å². The minimum absolute atomic E-state index is 0.0494. The Hall–Kier alpha value is -3.67. The smallest absolute Gasteiger partial charge is 0.326 e. The lowest BCUT2D eigenvalue weighted by Gasteiger charge is -2.24. The van der Waals surface area contributed by atoms with E-state index in [4.69, 9.17) is 10.8 Å². The van der Waals surface area contributed by atoms with Crippen molar-refractivity contribution in [2.24, 2.45) is 11.7 Å². The summed E-state index contributed by atoms with van der Waals surface area (Å²) >= 11 is 0. The van der Waals surface area contributed by atoms with Crippen molar-refractivity contribution in [2.75, 3.05) is 0 Å². The van der Waals surface area contributed by atoms with Gasteiger partial charge in [0, 0.05) is 6.42 Å². The first-order chi connectivity index (χ1) is 15.8. The van der Waals surface area contributed by atoms with Crippen molar-refractivity contribution in [3.05, 3.63) is 29.8 Å². The average molecular weight is 481 g/mol. The van der Waals surface area contributed by atoms with Gasteiger partial charge in [0.25, 0.3) is 0 Å². The third-order valence-corrected chi connectivity index (χ3v) is 4.99. The molecular weight excluding hydrogens is 448 g/mol. The van der Waals surface area contributed by atoms with Gasteiger partial charge in [0.05, 0.1) is 6.04 Å². The number of hydrogen-bond acceptors (Lipinski definition) is 7. The molecule has 12 nitrogen and oxygen atoms in total. The number of nitrogens with one attached hydrogen (secondary N) is 3. The average Bonchev–Trinajstić information content (AvgIpc) is 2.75. The molecule has 8 N–H and O–H groups in total. The van der Waals surface area contributed by atoms with E-state index >= 15 is 0 Å².